The van der Waals surface area contributed by atoms with Crippen molar-refractivity contribution in [3.05, 3.63) is 0 Å². The fraction of sp³-hybridized carbons (Fsp3) is 0.938. The molecule has 1 unspecified atom stereocenters. The fourth-order valence-electron chi connectivity index (χ4n) is 3.27. The van der Waals surface area contributed by atoms with Gasteiger partial charge in [-0.15, -0.1) is 0 Å². The Morgan fingerprint density at radius 1 is 1.21 bits per heavy atom. The summed E-state index contributed by atoms with van der Waals surface area (Å²) in [5.41, 5.74) is -0.458. The van der Waals surface area contributed by atoms with E-state index in [0.717, 1.165) is 12.8 Å². The van der Waals surface area contributed by atoms with Crippen LogP contribution in [0.2, 0.25) is 0 Å². The van der Waals surface area contributed by atoms with Gasteiger partial charge in [-0.25, -0.2) is 0 Å². The standard InChI is InChI=1S/C16H30O3/c1-12(2)10-19-15(17)16(11-18-5,13(3)4)14-8-6-7-9-14/h12-14H,6-11H2,1-5H3. The molecule has 0 radical (unpaired) electrons. The van der Waals surface area contributed by atoms with E-state index in [4.69, 9.17) is 9.47 Å². The molecule has 0 bridgehead atoms. The molecule has 0 N–H and O–H groups in total. The van der Waals surface area contributed by atoms with Crippen LogP contribution in [0, 0.1) is 23.2 Å². The fourth-order valence-corrected chi connectivity index (χ4v) is 3.27. The lowest BCUT2D eigenvalue weighted by Gasteiger charge is -2.39. The number of carbonyl (C=O) groups excluding carboxylic acids is 1. The zero-order valence-electron chi connectivity index (χ0n) is 13.2. The van der Waals surface area contributed by atoms with Gasteiger partial charge in [0.1, 0.15) is 0 Å². The van der Waals surface area contributed by atoms with Crippen molar-refractivity contribution in [1.82, 2.24) is 0 Å². The summed E-state index contributed by atoms with van der Waals surface area (Å²) in [7, 11) is 1.68. The van der Waals surface area contributed by atoms with Crippen LogP contribution in [0.4, 0.5) is 0 Å². The summed E-state index contributed by atoms with van der Waals surface area (Å²) in [4.78, 5) is 12.7. The number of rotatable bonds is 7. The second kappa shape index (κ2) is 7.28. The lowest BCUT2D eigenvalue weighted by molar-refractivity contribution is -0.170. The highest BCUT2D eigenvalue weighted by Crippen LogP contribution is 2.46. The number of methoxy groups -OCH3 is 1. The van der Waals surface area contributed by atoms with Gasteiger partial charge in [0.15, 0.2) is 0 Å². The molecule has 0 heterocycles. The second-order valence-electron chi connectivity index (χ2n) is 6.60. The molecule has 0 aromatic carbocycles. The van der Waals surface area contributed by atoms with E-state index in [0.29, 0.717) is 25.0 Å². The van der Waals surface area contributed by atoms with Crippen LogP contribution in [-0.2, 0) is 14.3 Å². The summed E-state index contributed by atoms with van der Waals surface area (Å²) in [5, 5.41) is 0. The first-order valence-corrected chi connectivity index (χ1v) is 7.61. The van der Waals surface area contributed by atoms with Crippen molar-refractivity contribution in [3.63, 3.8) is 0 Å². The molecule has 1 saturated carbocycles. The third-order valence-corrected chi connectivity index (χ3v) is 4.42. The van der Waals surface area contributed by atoms with E-state index in [1.807, 2.05) is 0 Å². The normalized spacial score (nSPS) is 19.9. The number of esters is 1. The first-order chi connectivity index (χ1) is 8.95. The Morgan fingerprint density at radius 3 is 2.21 bits per heavy atom. The molecule has 1 aliphatic rings. The topological polar surface area (TPSA) is 35.5 Å². The SMILES string of the molecule is COCC(C(=O)OCC(C)C)(C(C)C)C1CCCC1. The van der Waals surface area contributed by atoms with E-state index in [1.54, 1.807) is 7.11 Å². The van der Waals surface area contributed by atoms with Crippen molar-refractivity contribution in [2.24, 2.45) is 23.2 Å². The van der Waals surface area contributed by atoms with Gasteiger partial charge in [0.25, 0.3) is 0 Å². The molecule has 3 heteroatoms. The minimum Gasteiger partial charge on any atom is -0.465 e. The highest BCUT2D eigenvalue weighted by molar-refractivity contribution is 5.78. The van der Waals surface area contributed by atoms with Crippen LogP contribution < -0.4 is 0 Å². The lowest BCUT2D eigenvalue weighted by atomic mass is 9.67. The monoisotopic (exact) mass is 270 g/mol. The smallest absolute Gasteiger partial charge is 0.314 e. The largest absolute Gasteiger partial charge is 0.465 e. The Balaban J connectivity index is 2.90. The Morgan fingerprint density at radius 2 is 1.79 bits per heavy atom. The van der Waals surface area contributed by atoms with Gasteiger partial charge in [-0.1, -0.05) is 40.5 Å². The van der Waals surface area contributed by atoms with Gasteiger partial charge in [-0.05, 0) is 30.6 Å². The summed E-state index contributed by atoms with van der Waals surface area (Å²) in [6, 6.07) is 0. The predicted molar refractivity (Wildman–Crippen MR) is 76.9 cm³/mol. The van der Waals surface area contributed by atoms with Gasteiger partial charge in [0.2, 0.25) is 0 Å². The lowest BCUT2D eigenvalue weighted by Crippen LogP contribution is -2.47. The van der Waals surface area contributed by atoms with E-state index in [9.17, 15) is 4.79 Å². The minimum absolute atomic E-state index is 0.0510. The van der Waals surface area contributed by atoms with E-state index in [-0.39, 0.29) is 11.9 Å². The molecule has 1 atom stereocenters. The van der Waals surface area contributed by atoms with Crippen LogP contribution in [0.3, 0.4) is 0 Å². The molecule has 0 aliphatic heterocycles. The molecule has 3 nitrogen and oxygen atoms in total. The summed E-state index contributed by atoms with van der Waals surface area (Å²) in [5.74, 6) is 0.979. The third kappa shape index (κ3) is 3.71. The Labute approximate surface area is 118 Å². The van der Waals surface area contributed by atoms with Crippen LogP contribution in [0.1, 0.15) is 53.4 Å². The molecule has 19 heavy (non-hydrogen) atoms. The van der Waals surface area contributed by atoms with Crippen molar-refractivity contribution in [3.8, 4) is 0 Å². The number of hydrogen-bond acceptors (Lipinski definition) is 3. The van der Waals surface area contributed by atoms with E-state index < -0.39 is 5.41 Å². The summed E-state index contributed by atoms with van der Waals surface area (Å²) in [6.07, 6.45) is 4.69. The summed E-state index contributed by atoms with van der Waals surface area (Å²) >= 11 is 0. The minimum atomic E-state index is -0.458. The number of carbonyl (C=O) groups is 1. The van der Waals surface area contributed by atoms with Gasteiger partial charge < -0.3 is 9.47 Å². The van der Waals surface area contributed by atoms with E-state index >= 15 is 0 Å². The maximum absolute atomic E-state index is 12.7. The predicted octanol–water partition coefficient (Wildman–Crippen LogP) is 3.66. The molecule has 1 fully saturated rings. The maximum Gasteiger partial charge on any atom is 0.314 e. The molecule has 0 aromatic heterocycles. The zero-order chi connectivity index (χ0) is 14.5. The summed E-state index contributed by atoms with van der Waals surface area (Å²) < 4.78 is 11.0. The molecule has 0 amide bonds. The number of hydrogen-bond donors (Lipinski definition) is 0. The Bertz CT molecular complexity index is 280. The second-order valence-corrected chi connectivity index (χ2v) is 6.60. The van der Waals surface area contributed by atoms with Crippen LogP contribution in [0.5, 0.6) is 0 Å². The maximum atomic E-state index is 12.7. The van der Waals surface area contributed by atoms with Crippen molar-refractivity contribution < 1.29 is 14.3 Å². The zero-order valence-corrected chi connectivity index (χ0v) is 13.2. The van der Waals surface area contributed by atoms with Crippen LogP contribution in [0.25, 0.3) is 0 Å². The van der Waals surface area contributed by atoms with Gasteiger partial charge in [0, 0.05) is 7.11 Å². The van der Waals surface area contributed by atoms with Crippen molar-refractivity contribution in [1.29, 1.82) is 0 Å². The molecule has 1 rings (SSSR count). The first kappa shape index (κ1) is 16.5. The van der Waals surface area contributed by atoms with Crippen LogP contribution >= 0.6 is 0 Å². The third-order valence-electron chi connectivity index (χ3n) is 4.42. The Kier molecular flexibility index (Phi) is 6.31. The van der Waals surface area contributed by atoms with Gasteiger partial charge >= 0.3 is 5.97 Å². The molecule has 0 spiro atoms. The number of ether oxygens (including phenoxy) is 2. The van der Waals surface area contributed by atoms with Gasteiger partial charge in [-0.3, -0.25) is 4.79 Å². The highest BCUT2D eigenvalue weighted by atomic mass is 16.5. The summed E-state index contributed by atoms with van der Waals surface area (Å²) in [6.45, 7) is 9.35. The van der Waals surface area contributed by atoms with E-state index in [2.05, 4.69) is 27.7 Å². The quantitative estimate of drug-likeness (QED) is 0.662. The average Bonchev–Trinajstić information content (AvgIpc) is 2.86. The molecule has 1 aliphatic carbocycles. The molecular weight excluding hydrogens is 240 g/mol. The van der Waals surface area contributed by atoms with Crippen LogP contribution in [-0.4, -0.2) is 26.3 Å². The first-order valence-electron chi connectivity index (χ1n) is 7.61. The average molecular weight is 270 g/mol. The molecule has 0 saturated heterocycles. The van der Waals surface area contributed by atoms with Crippen molar-refractivity contribution in [2.75, 3.05) is 20.3 Å². The van der Waals surface area contributed by atoms with Crippen molar-refractivity contribution >= 4 is 5.97 Å². The molecule has 112 valence electrons. The van der Waals surface area contributed by atoms with E-state index in [1.165, 1.54) is 12.8 Å². The van der Waals surface area contributed by atoms with Gasteiger partial charge in [-0.2, -0.15) is 0 Å². The highest BCUT2D eigenvalue weighted by Gasteiger charge is 2.50. The van der Waals surface area contributed by atoms with Crippen LogP contribution in [0.15, 0.2) is 0 Å². The molecule has 0 aromatic rings. The van der Waals surface area contributed by atoms with Crippen molar-refractivity contribution in [2.45, 2.75) is 53.4 Å². The molecular formula is C16H30O3. The Hall–Kier alpha value is -0.570. The van der Waals surface area contributed by atoms with Gasteiger partial charge in [0.05, 0.1) is 18.6 Å².